The summed E-state index contributed by atoms with van der Waals surface area (Å²) in [6.07, 6.45) is 0.708. The first kappa shape index (κ1) is 19.2. The van der Waals surface area contributed by atoms with E-state index < -0.39 is 11.6 Å². The normalized spacial score (nSPS) is 10.5. The first-order chi connectivity index (χ1) is 13.5. The number of aryl methyl sites for hydroxylation is 1. The SMILES string of the molecule is CCc1cc(=O)oc2cc(OCC(=O)Nc3ccc(C(=O)OC)cc3)ccc12. The molecule has 1 amide bonds. The van der Waals surface area contributed by atoms with Crippen molar-refractivity contribution in [1.29, 1.82) is 0 Å². The third-order valence-corrected chi connectivity index (χ3v) is 4.14. The van der Waals surface area contributed by atoms with E-state index in [1.54, 1.807) is 42.5 Å². The Hall–Kier alpha value is -3.61. The van der Waals surface area contributed by atoms with Gasteiger partial charge < -0.3 is 19.2 Å². The standard InChI is InChI=1S/C21H19NO6/c1-3-13-10-20(24)28-18-11-16(8-9-17(13)18)27-12-19(23)22-15-6-4-14(5-7-15)21(25)26-2/h4-11H,3,12H2,1-2H3,(H,22,23). The van der Waals surface area contributed by atoms with Crippen molar-refractivity contribution in [1.82, 2.24) is 0 Å². The molecular formula is C21H19NO6. The largest absolute Gasteiger partial charge is 0.484 e. The molecule has 1 N–H and O–H groups in total. The van der Waals surface area contributed by atoms with Gasteiger partial charge in [0.1, 0.15) is 11.3 Å². The molecule has 0 fully saturated rings. The summed E-state index contributed by atoms with van der Waals surface area (Å²) in [5.41, 5.74) is 1.81. The van der Waals surface area contributed by atoms with E-state index in [2.05, 4.69) is 10.1 Å². The number of esters is 1. The molecule has 1 heterocycles. The fourth-order valence-corrected chi connectivity index (χ4v) is 2.75. The van der Waals surface area contributed by atoms with Crippen molar-refractivity contribution in [2.75, 3.05) is 19.0 Å². The summed E-state index contributed by atoms with van der Waals surface area (Å²) in [4.78, 5) is 35.1. The monoisotopic (exact) mass is 381 g/mol. The maximum absolute atomic E-state index is 12.1. The molecule has 0 aliphatic rings. The first-order valence-electron chi connectivity index (χ1n) is 8.68. The summed E-state index contributed by atoms with van der Waals surface area (Å²) in [6, 6.07) is 12.9. The van der Waals surface area contributed by atoms with Crippen molar-refractivity contribution in [2.45, 2.75) is 13.3 Å². The van der Waals surface area contributed by atoms with Crippen molar-refractivity contribution in [3.63, 3.8) is 0 Å². The van der Waals surface area contributed by atoms with Crippen LogP contribution in [0.4, 0.5) is 5.69 Å². The lowest BCUT2D eigenvalue weighted by Crippen LogP contribution is -2.20. The molecular weight excluding hydrogens is 362 g/mol. The molecule has 0 spiro atoms. The Morgan fingerprint density at radius 1 is 1.07 bits per heavy atom. The van der Waals surface area contributed by atoms with Gasteiger partial charge in [-0.15, -0.1) is 0 Å². The van der Waals surface area contributed by atoms with Gasteiger partial charge in [-0.1, -0.05) is 6.92 Å². The molecule has 0 aliphatic heterocycles. The van der Waals surface area contributed by atoms with Gasteiger partial charge in [0.2, 0.25) is 0 Å². The van der Waals surface area contributed by atoms with Crippen LogP contribution in [0.5, 0.6) is 5.75 Å². The first-order valence-corrected chi connectivity index (χ1v) is 8.68. The number of methoxy groups -OCH3 is 1. The molecule has 28 heavy (non-hydrogen) atoms. The molecule has 2 aromatic carbocycles. The molecule has 0 radical (unpaired) electrons. The Bertz CT molecular complexity index is 1070. The number of benzene rings is 2. The summed E-state index contributed by atoms with van der Waals surface area (Å²) in [6.45, 7) is 1.74. The van der Waals surface area contributed by atoms with E-state index in [1.165, 1.54) is 13.2 Å². The zero-order valence-electron chi connectivity index (χ0n) is 15.5. The van der Waals surface area contributed by atoms with Gasteiger partial charge in [-0.05, 0) is 48.4 Å². The van der Waals surface area contributed by atoms with Crippen LogP contribution < -0.4 is 15.7 Å². The Balaban J connectivity index is 1.64. The molecule has 0 saturated carbocycles. The van der Waals surface area contributed by atoms with Crippen molar-refractivity contribution in [3.05, 3.63) is 70.1 Å². The molecule has 1 aromatic heterocycles. The molecule has 0 atom stereocenters. The predicted molar refractivity (Wildman–Crippen MR) is 104 cm³/mol. The van der Waals surface area contributed by atoms with E-state index in [9.17, 15) is 14.4 Å². The Morgan fingerprint density at radius 2 is 1.82 bits per heavy atom. The number of anilines is 1. The van der Waals surface area contributed by atoms with Crippen molar-refractivity contribution >= 4 is 28.5 Å². The quantitative estimate of drug-likeness (QED) is 0.521. The average Bonchev–Trinajstić information content (AvgIpc) is 2.71. The van der Waals surface area contributed by atoms with Crippen LogP contribution in [0.25, 0.3) is 11.0 Å². The Kier molecular flexibility index (Phi) is 5.74. The van der Waals surface area contributed by atoms with Crippen LogP contribution in [-0.2, 0) is 16.0 Å². The summed E-state index contributed by atoms with van der Waals surface area (Å²) in [5.74, 6) is -0.398. The molecule has 3 rings (SSSR count). The number of hydrogen-bond donors (Lipinski definition) is 1. The molecule has 0 saturated heterocycles. The second-order valence-electron chi connectivity index (χ2n) is 6.01. The number of fused-ring (bicyclic) bond motifs is 1. The van der Waals surface area contributed by atoms with Gasteiger partial charge in [0.05, 0.1) is 12.7 Å². The minimum Gasteiger partial charge on any atom is -0.484 e. The third kappa shape index (κ3) is 4.37. The smallest absolute Gasteiger partial charge is 0.337 e. The van der Waals surface area contributed by atoms with Crippen LogP contribution in [0.15, 0.2) is 57.7 Å². The zero-order valence-corrected chi connectivity index (χ0v) is 15.5. The zero-order chi connectivity index (χ0) is 20.1. The van der Waals surface area contributed by atoms with Gasteiger partial charge in [0.25, 0.3) is 5.91 Å². The summed E-state index contributed by atoms with van der Waals surface area (Å²) >= 11 is 0. The van der Waals surface area contributed by atoms with Gasteiger partial charge in [-0.2, -0.15) is 0 Å². The maximum atomic E-state index is 12.1. The van der Waals surface area contributed by atoms with E-state index in [0.29, 0.717) is 29.0 Å². The number of carbonyl (C=O) groups excluding carboxylic acids is 2. The fourth-order valence-electron chi connectivity index (χ4n) is 2.75. The number of carbonyl (C=O) groups is 2. The highest BCUT2D eigenvalue weighted by Gasteiger charge is 2.09. The highest BCUT2D eigenvalue weighted by atomic mass is 16.5. The predicted octanol–water partition coefficient (Wildman–Crippen LogP) is 3.16. The minimum atomic E-state index is -0.449. The van der Waals surface area contributed by atoms with Gasteiger partial charge in [0, 0.05) is 23.2 Å². The highest BCUT2D eigenvalue weighted by molar-refractivity contribution is 5.93. The van der Waals surface area contributed by atoms with Gasteiger partial charge >= 0.3 is 11.6 Å². The van der Waals surface area contributed by atoms with E-state index in [4.69, 9.17) is 9.15 Å². The third-order valence-electron chi connectivity index (χ3n) is 4.14. The van der Waals surface area contributed by atoms with Crippen LogP contribution in [0, 0.1) is 0 Å². The Morgan fingerprint density at radius 3 is 2.50 bits per heavy atom. The van der Waals surface area contributed by atoms with Crippen LogP contribution in [0.3, 0.4) is 0 Å². The second-order valence-corrected chi connectivity index (χ2v) is 6.01. The molecule has 0 bridgehead atoms. The van der Waals surface area contributed by atoms with E-state index in [1.807, 2.05) is 6.92 Å². The lowest BCUT2D eigenvalue weighted by Gasteiger charge is -2.09. The number of rotatable bonds is 6. The number of nitrogens with one attached hydrogen (secondary N) is 1. The minimum absolute atomic E-state index is 0.220. The molecule has 0 aliphatic carbocycles. The number of ether oxygens (including phenoxy) is 2. The van der Waals surface area contributed by atoms with E-state index in [-0.39, 0.29) is 12.5 Å². The fraction of sp³-hybridized carbons (Fsp3) is 0.190. The lowest BCUT2D eigenvalue weighted by atomic mass is 10.1. The van der Waals surface area contributed by atoms with E-state index >= 15 is 0 Å². The number of hydrogen-bond acceptors (Lipinski definition) is 6. The summed E-state index contributed by atoms with van der Waals surface area (Å²) in [5, 5.41) is 3.51. The molecule has 7 heteroatoms. The van der Waals surface area contributed by atoms with Gasteiger partial charge in [0.15, 0.2) is 6.61 Å². The molecule has 144 valence electrons. The molecule has 3 aromatic rings. The van der Waals surface area contributed by atoms with Gasteiger partial charge in [-0.3, -0.25) is 4.79 Å². The average molecular weight is 381 g/mol. The van der Waals surface area contributed by atoms with Crippen molar-refractivity contribution < 1.29 is 23.5 Å². The summed E-state index contributed by atoms with van der Waals surface area (Å²) in [7, 11) is 1.30. The van der Waals surface area contributed by atoms with Crippen LogP contribution in [0.1, 0.15) is 22.8 Å². The molecule has 0 unspecified atom stereocenters. The highest BCUT2D eigenvalue weighted by Crippen LogP contribution is 2.23. The second kappa shape index (κ2) is 8.39. The Labute approximate surface area is 160 Å². The van der Waals surface area contributed by atoms with Crippen molar-refractivity contribution in [2.24, 2.45) is 0 Å². The van der Waals surface area contributed by atoms with Crippen LogP contribution in [0.2, 0.25) is 0 Å². The maximum Gasteiger partial charge on any atom is 0.337 e. The van der Waals surface area contributed by atoms with E-state index in [0.717, 1.165) is 10.9 Å². The van der Waals surface area contributed by atoms with Gasteiger partial charge in [-0.25, -0.2) is 9.59 Å². The van der Waals surface area contributed by atoms with Crippen molar-refractivity contribution in [3.8, 4) is 5.75 Å². The van der Waals surface area contributed by atoms with Crippen LogP contribution in [-0.4, -0.2) is 25.6 Å². The number of amides is 1. The summed E-state index contributed by atoms with van der Waals surface area (Å²) < 4.78 is 15.3. The molecule has 7 nitrogen and oxygen atoms in total. The topological polar surface area (TPSA) is 94.8 Å². The lowest BCUT2D eigenvalue weighted by molar-refractivity contribution is -0.118. The van der Waals surface area contributed by atoms with Crippen LogP contribution >= 0.6 is 0 Å².